The van der Waals surface area contributed by atoms with E-state index in [0.29, 0.717) is 23.0 Å². The Labute approximate surface area is 203 Å². The van der Waals surface area contributed by atoms with Crippen molar-refractivity contribution in [1.29, 1.82) is 10.5 Å². The van der Waals surface area contributed by atoms with E-state index in [1.807, 2.05) is 0 Å². The topological polar surface area (TPSA) is 47.6 Å². The largest absolute Gasteiger partial charge is 0.192 e. The summed E-state index contributed by atoms with van der Waals surface area (Å²) in [5.74, 6) is 2.65. The minimum absolute atomic E-state index is 0.460. The van der Waals surface area contributed by atoms with E-state index in [2.05, 4.69) is 38.1 Å². The van der Waals surface area contributed by atoms with Gasteiger partial charge in [-0.1, -0.05) is 83.8 Å². The van der Waals surface area contributed by atoms with Crippen molar-refractivity contribution in [3.63, 3.8) is 0 Å². The molecule has 180 valence electrons. The zero-order chi connectivity index (χ0) is 23.5. The van der Waals surface area contributed by atoms with Crippen LogP contribution in [0.2, 0.25) is 0 Å². The molecule has 2 aliphatic carbocycles. The van der Waals surface area contributed by atoms with Gasteiger partial charge >= 0.3 is 0 Å². The maximum Gasteiger partial charge on any atom is 0.101 e. The van der Waals surface area contributed by atoms with Crippen LogP contribution in [0.15, 0.2) is 12.1 Å². The van der Waals surface area contributed by atoms with Crippen LogP contribution < -0.4 is 0 Å². The lowest BCUT2D eigenvalue weighted by atomic mass is 9.72. The molecule has 0 heterocycles. The van der Waals surface area contributed by atoms with E-state index in [9.17, 15) is 10.5 Å². The van der Waals surface area contributed by atoms with Crippen molar-refractivity contribution in [3.8, 4) is 12.1 Å². The smallest absolute Gasteiger partial charge is 0.101 e. The minimum atomic E-state index is 0.460. The first kappa shape index (κ1) is 25.8. The SMILES string of the molecule is CCCCCCCC1CCC(c2ccc(C3CCC(CCCC)CC3)c(C#N)c2C#N)CC1. The predicted molar refractivity (Wildman–Crippen MR) is 138 cm³/mol. The first-order valence-electron chi connectivity index (χ1n) is 14.2. The summed E-state index contributed by atoms with van der Waals surface area (Å²) in [5.41, 5.74) is 3.72. The average Bonchev–Trinajstić information content (AvgIpc) is 2.87. The Balaban J connectivity index is 1.61. The molecular weight excluding hydrogens is 400 g/mol. The van der Waals surface area contributed by atoms with Crippen LogP contribution in [0, 0.1) is 34.5 Å². The number of rotatable bonds is 11. The standard InChI is InChI=1S/C31H46N2/c1-3-5-7-8-9-11-25-14-18-27(19-15-25)29-21-20-28(30(22-32)31(29)23-33)26-16-12-24(13-17-26)10-6-4-2/h20-21,24-27H,3-19H2,1-2H3. The molecule has 2 heteroatoms. The Kier molecular flexibility index (Phi) is 10.8. The molecule has 0 unspecified atom stereocenters. The summed E-state index contributed by atoms with van der Waals surface area (Å²) in [7, 11) is 0. The highest BCUT2D eigenvalue weighted by molar-refractivity contribution is 5.56. The highest BCUT2D eigenvalue weighted by Crippen LogP contribution is 2.43. The van der Waals surface area contributed by atoms with Crippen LogP contribution in [-0.2, 0) is 0 Å². The van der Waals surface area contributed by atoms with Gasteiger partial charge in [0.1, 0.15) is 12.1 Å². The summed E-state index contributed by atoms with van der Waals surface area (Å²) in [4.78, 5) is 0. The molecule has 0 amide bonds. The van der Waals surface area contributed by atoms with Gasteiger partial charge in [-0.05, 0) is 86.2 Å². The first-order valence-corrected chi connectivity index (χ1v) is 14.2. The fraction of sp³-hybridized carbons (Fsp3) is 0.742. The Morgan fingerprint density at radius 2 is 1.03 bits per heavy atom. The third-order valence-corrected chi connectivity index (χ3v) is 8.75. The van der Waals surface area contributed by atoms with Gasteiger partial charge in [0.2, 0.25) is 0 Å². The van der Waals surface area contributed by atoms with E-state index >= 15 is 0 Å². The molecule has 3 rings (SSSR count). The van der Waals surface area contributed by atoms with Gasteiger partial charge in [0, 0.05) is 0 Å². The number of unbranched alkanes of at least 4 members (excludes halogenated alkanes) is 5. The molecule has 0 N–H and O–H groups in total. The number of hydrogen-bond acceptors (Lipinski definition) is 2. The lowest BCUT2D eigenvalue weighted by molar-refractivity contribution is 0.300. The molecule has 0 aromatic heterocycles. The second-order valence-corrected chi connectivity index (χ2v) is 11.0. The van der Waals surface area contributed by atoms with Crippen LogP contribution in [-0.4, -0.2) is 0 Å². The molecule has 2 nitrogen and oxygen atoms in total. The van der Waals surface area contributed by atoms with Crippen molar-refractivity contribution < 1.29 is 0 Å². The van der Waals surface area contributed by atoms with Crippen LogP contribution in [0.3, 0.4) is 0 Å². The van der Waals surface area contributed by atoms with Crippen molar-refractivity contribution in [2.45, 2.75) is 135 Å². The van der Waals surface area contributed by atoms with E-state index in [-0.39, 0.29) is 0 Å². The van der Waals surface area contributed by atoms with Crippen molar-refractivity contribution in [2.24, 2.45) is 11.8 Å². The minimum Gasteiger partial charge on any atom is -0.192 e. The zero-order valence-corrected chi connectivity index (χ0v) is 21.4. The second-order valence-electron chi connectivity index (χ2n) is 11.0. The summed E-state index contributed by atoms with van der Waals surface area (Å²) in [5, 5.41) is 20.1. The van der Waals surface area contributed by atoms with Gasteiger partial charge in [-0.2, -0.15) is 10.5 Å². The van der Waals surface area contributed by atoms with Crippen molar-refractivity contribution in [1.82, 2.24) is 0 Å². The molecule has 0 spiro atoms. The third-order valence-electron chi connectivity index (χ3n) is 8.75. The molecule has 2 aliphatic rings. The number of hydrogen-bond donors (Lipinski definition) is 0. The normalized spacial score (nSPS) is 25.3. The van der Waals surface area contributed by atoms with Gasteiger partial charge in [-0.25, -0.2) is 0 Å². The highest BCUT2D eigenvalue weighted by atomic mass is 14.4. The molecule has 33 heavy (non-hydrogen) atoms. The summed E-state index contributed by atoms with van der Waals surface area (Å²) in [6.07, 6.45) is 22.1. The lowest BCUT2D eigenvalue weighted by Crippen LogP contribution is -2.17. The van der Waals surface area contributed by atoms with Gasteiger partial charge in [0.25, 0.3) is 0 Å². The molecular formula is C31H46N2. The van der Waals surface area contributed by atoms with Gasteiger partial charge in [-0.3, -0.25) is 0 Å². The third kappa shape index (κ3) is 7.09. The van der Waals surface area contributed by atoms with Crippen molar-refractivity contribution in [3.05, 3.63) is 34.4 Å². The van der Waals surface area contributed by atoms with Crippen LogP contribution in [0.25, 0.3) is 0 Å². The Morgan fingerprint density at radius 1 is 0.606 bits per heavy atom. The Morgan fingerprint density at radius 3 is 1.45 bits per heavy atom. The summed E-state index contributed by atoms with van der Waals surface area (Å²) in [6, 6.07) is 9.40. The van der Waals surface area contributed by atoms with Gasteiger partial charge in [0.05, 0.1) is 11.1 Å². The average molecular weight is 447 g/mol. The number of nitriles is 2. The maximum atomic E-state index is 10.1. The summed E-state index contributed by atoms with van der Waals surface area (Å²) >= 11 is 0. The number of nitrogens with zero attached hydrogens (tertiary/aromatic N) is 2. The zero-order valence-electron chi connectivity index (χ0n) is 21.4. The summed E-state index contributed by atoms with van der Waals surface area (Å²) in [6.45, 7) is 4.55. The van der Waals surface area contributed by atoms with Crippen molar-refractivity contribution in [2.75, 3.05) is 0 Å². The first-order chi connectivity index (χ1) is 16.2. The monoisotopic (exact) mass is 446 g/mol. The number of benzene rings is 1. The lowest BCUT2D eigenvalue weighted by Gasteiger charge is -2.31. The van der Waals surface area contributed by atoms with E-state index in [1.54, 1.807) is 0 Å². The van der Waals surface area contributed by atoms with E-state index in [0.717, 1.165) is 23.0 Å². The molecule has 0 bridgehead atoms. The maximum absolute atomic E-state index is 10.1. The molecule has 1 aromatic rings. The molecule has 0 atom stereocenters. The molecule has 0 aliphatic heterocycles. The molecule has 0 saturated heterocycles. The van der Waals surface area contributed by atoms with Crippen LogP contribution >= 0.6 is 0 Å². The van der Waals surface area contributed by atoms with E-state index in [1.165, 1.54) is 109 Å². The molecule has 1 aromatic carbocycles. The van der Waals surface area contributed by atoms with Gasteiger partial charge in [0.15, 0.2) is 0 Å². The molecule has 0 radical (unpaired) electrons. The molecule has 2 saturated carbocycles. The van der Waals surface area contributed by atoms with Crippen LogP contribution in [0.4, 0.5) is 0 Å². The van der Waals surface area contributed by atoms with Crippen LogP contribution in [0.5, 0.6) is 0 Å². The fourth-order valence-electron chi connectivity index (χ4n) is 6.61. The Hall–Kier alpha value is -1.80. The molecule has 2 fully saturated rings. The van der Waals surface area contributed by atoms with E-state index < -0.39 is 0 Å². The van der Waals surface area contributed by atoms with E-state index in [4.69, 9.17) is 0 Å². The predicted octanol–water partition coefficient (Wildman–Crippen LogP) is 9.53. The van der Waals surface area contributed by atoms with Gasteiger partial charge in [-0.15, -0.1) is 0 Å². The highest BCUT2D eigenvalue weighted by Gasteiger charge is 2.29. The van der Waals surface area contributed by atoms with Gasteiger partial charge < -0.3 is 0 Å². The second kappa shape index (κ2) is 13.8. The quantitative estimate of drug-likeness (QED) is 0.318. The Bertz CT molecular complexity index is 795. The summed E-state index contributed by atoms with van der Waals surface area (Å²) < 4.78 is 0. The van der Waals surface area contributed by atoms with Crippen LogP contribution in [0.1, 0.15) is 157 Å². The van der Waals surface area contributed by atoms with Crippen molar-refractivity contribution >= 4 is 0 Å². The fourth-order valence-corrected chi connectivity index (χ4v) is 6.61.